The standard InChI is InChI=1S/C14H21ClN2OS/c1-10(2)16-6-8-17(9-7-16)11(3)14(18)12-4-5-13(15)19-12/h4-5,10-11H,6-9H2,1-3H3. The second-order valence-corrected chi connectivity index (χ2v) is 7.02. The lowest BCUT2D eigenvalue weighted by Gasteiger charge is -2.39. The van der Waals surface area contributed by atoms with Gasteiger partial charge >= 0.3 is 0 Å². The molecule has 19 heavy (non-hydrogen) atoms. The third kappa shape index (κ3) is 3.57. The van der Waals surface area contributed by atoms with Gasteiger partial charge < -0.3 is 0 Å². The van der Waals surface area contributed by atoms with Crippen molar-refractivity contribution < 1.29 is 4.79 Å². The largest absolute Gasteiger partial charge is 0.298 e. The lowest BCUT2D eigenvalue weighted by molar-refractivity contribution is 0.0642. The summed E-state index contributed by atoms with van der Waals surface area (Å²) >= 11 is 7.27. The molecule has 1 aromatic heterocycles. The lowest BCUT2D eigenvalue weighted by Crippen LogP contribution is -2.53. The van der Waals surface area contributed by atoms with E-state index in [0.29, 0.717) is 10.4 Å². The summed E-state index contributed by atoms with van der Waals surface area (Å²) in [4.78, 5) is 17.9. The van der Waals surface area contributed by atoms with Gasteiger partial charge in [0.1, 0.15) is 0 Å². The van der Waals surface area contributed by atoms with E-state index >= 15 is 0 Å². The smallest absolute Gasteiger partial charge is 0.189 e. The Kier molecular flexibility index (Phi) is 5.01. The normalized spacial score (nSPS) is 19.8. The van der Waals surface area contributed by atoms with Gasteiger partial charge in [-0.2, -0.15) is 0 Å². The Morgan fingerprint density at radius 2 is 1.74 bits per heavy atom. The van der Waals surface area contributed by atoms with Crippen LogP contribution >= 0.6 is 22.9 Å². The van der Waals surface area contributed by atoms with E-state index in [1.54, 1.807) is 6.07 Å². The number of hydrogen-bond acceptors (Lipinski definition) is 4. The van der Waals surface area contributed by atoms with Crippen LogP contribution in [0.15, 0.2) is 12.1 Å². The molecule has 1 aliphatic rings. The maximum Gasteiger partial charge on any atom is 0.189 e. The fourth-order valence-corrected chi connectivity index (χ4v) is 3.53. The highest BCUT2D eigenvalue weighted by Crippen LogP contribution is 2.24. The molecule has 0 spiro atoms. The molecule has 0 N–H and O–H groups in total. The number of Topliss-reactive ketones (excluding diaryl/α,β-unsaturated/α-hetero) is 1. The fraction of sp³-hybridized carbons (Fsp3) is 0.643. The minimum absolute atomic E-state index is 0.0518. The summed E-state index contributed by atoms with van der Waals surface area (Å²) < 4.78 is 0.681. The first-order chi connectivity index (χ1) is 8.99. The Morgan fingerprint density at radius 3 is 2.21 bits per heavy atom. The van der Waals surface area contributed by atoms with Crippen molar-refractivity contribution >= 4 is 28.7 Å². The van der Waals surface area contributed by atoms with Crippen LogP contribution in [0.3, 0.4) is 0 Å². The predicted octanol–water partition coefficient (Wildman–Crippen LogP) is 3.00. The number of rotatable bonds is 4. The Hall–Kier alpha value is -0.420. The second-order valence-electron chi connectivity index (χ2n) is 5.31. The van der Waals surface area contributed by atoms with Gasteiger partial charge in [-0.05, 0) is 32.9 Å². The molecule has 0 bridgehead atoms. The molecule has 0 radical (unpaired) electrons. The van der Waals surface area contributed by atoms with Crippen molar-refractivity contribution in [3.05, 3.63) is 21.3 Å². The van der Waals surface area contributed by atoms with Crippen molar-refractivity contribution in [1.82, 2.24) is 9.80 Å². The summed E-state index contributed by atoms with van der Waals surface area (Å²) in [6.07, 6.45) is 0. The SMILES string of the molecule is CC(C)N1CCN(C(C)C(=O)c2ccc(Cl)s2)CC1. The summed E-state index contributed by atoms with van der Waals surface area (Å²) in [5.41, 5.74) is 0. The zero-order chi connectivity index (χ0) is 14.0. The third-order valence-electron chi connectivity index (χ3n) is 3.82. The molecule has 0 amide bonds. The molecule has 1 aliphatic heterocycles. The van der Waals surface area contributed by atoms with Gasteiger partial charge in [-0.3, -0.25) is 14.6 Å². The third-order valence-corrected chi connectivity index (χ3v) is 5.07. The monoisotopic (exact) mass is 300 g/mol. The van der Waals surface area contributed by atoms with Gasteiger partial charge in [0, 0.05) is 32.2 Å². The van der Waals surface area contributed by atoms with Crippen LogP contribution in [-0.2, 0) is 0 Å². The molecule has 3 nitrogen and oxygen atoms in total. The fourth-order valence-electron chi connectivity index (χ4n) is 2.46. The first-order valence-electron chi connectivity index (χ1n) is 6.76. The zero-order valence-electron chi connectivity index (χ0n) is 11.7. The van der Waals surface area contributed by atoms with Gasteiger partial charge in [-0.25, -0.2) is 0 Å². The molecule has 1 atom stereocenters. The number of thiophene rings is 1. The van der Waals surface area contributed by atoms with Crippen LogP contribution in [0.4, 0.5) is 0 Å². The molecule has 5 heteroatoms. The summed E-state index contributed by atoms with van der Waals surface area (Å²) in [6.45, 7) is 10.5. The number of halogens is 1. The molecule has 2 rings (SSSR count). The van der Waals surface area contributed by atoms with Crippen LogP contribution in [0.25, 0.3) is 0 Å². The van der Waals surface area contributed by atoms with Crippen LogP contribution in [0.1, 0.15) is 30.4 Å². The molecule has 1 saturated heterocycles. The van der Waals surface area contributed by atoms with E-state index in [0.717, 1.165) is 31.1 Å². The van der Waals surface area contributed by atoms with Crippen molar-refractivity contribution in [2.45, 2.75) is 32.9 Å². The number of carbonyl (C=O) groups excluding carboxylic acids is 1. The maximum atomic E-state index is 12.4. The summed E-state index contributed by atoms with van der Waals surface area (Å²) in [5.74, 6) is 0.190. The van der Waals surface area contributed by atoms with Crippen molar-refractivity contribution in [3.63, 3.8) is 0 Å². The van der Waals surface area contributed by atoms with E-state index in [4.69, 9.17) is 11.6 Å². The van der Waals surface area contributed by atoms with Gasteiger partial charge in [0.2, 0.25) is 0 Å². The number of piperazine rings is 1. The predicted molar refractivity (Wildman–Crippen MR) is 81.4 cm³/mol. The summed E-state index contributed by atoms with van der Waals surface area (Å²) in [5, 5.41) is 0. The van der Waals surface area contributed by atoms with Crippen LogP contribution < -0.4 is 0 Å². The number of ketones is 1. The Bertz CT molecular complexity index is 438. The van der Waals surface area contributed by atoms with Crippen LogP contribution in [0, 0.1) is 0 Å². The van der Waals surface area contributed by atoms with E-state index in [2.05, 4.69) is 23.6 Å². The quantitative estimate of drug-likeness (QED) is 0.799. The topological polar surface area (TPSA) is 23.6 Å². The molecule has 106 valence electrons. The minimum Gasteiger partial charge on any atom is -0.298 e. The van der Waals surface area contributed by atoms with E-state index in [1.807, 2.05) is 13.0 Å². The van der Waals surface area contributed by atoms with E-state index in [1.165, 1.54) is 11.3 Å². The van der Waals surface area contributed by atoms with Crippen LogP contribution in [0.2, 0.25) is 4.34 Å². The molecular formula is C14H21ClN2OS. The Morgan fingerprint density at radius 1 is 1.16 bits per heavy atom. The highest BCUT2D eigenvalue weighted by atomic mass is 35.5. The maximum absolute atomic E-state index is 12.4. The molecule has 0 saturated carbocycles. The average molecular weight is 301 g/mol. The number of carbonyl (C=O) groups is 1. The average Bonchev–Trinajstić information content (AvgIpc) is 2.84. The van der Waals surface area contributed by atoms with Crippen molar-refractivity contribution in [2.75, 3.05) is 26.2 Å². The zero-order valence-corrected chi connectivity index (χ0v) is 13.3. The molecule has 2 heterocycles. The van der Waals surface area contributed by atoms with Crippen molar-refractivity contribution in [1.29, 1.82) is 0 Å². The highest BCUT2D eigenvalue weighted by molar-refractivity contribution is 7.18. The number of nitrogens with zero attached hydrogens (tertiary/aromatic N) is 2. The first kappa shape index (κ1) is 15.0. The van der Waals surface area contributed by atoms with Crippen LogP contribution in [-0.4, -0.2) is 53.8 Å². The lowest BCUT2D eigenvalue weighted by atomic mass is 10.1. The molecule has 1 fully saturated rings. The van der Waals surface area contributed by atoms with Gasteiger partial charge in [0.15, 0.2) is 5.78 Å². The molecule has 0 aliphatic carbocycles. The molecular weight excluding hydrogens is 280 g/mol. The van der Waals surface area contributed by atoms with Gasteiger partial charge in [-0.15, -0.1) is 11.3 Å². The Labute approximate surface area is 124 Å². The van der Waals surface area contributed by atoms with E-state index in [-0.39, 0.29) is 11.8 Å². The minimum atomic E-state index is -0.0518. The van der Waals surface area contributed by atoms with Crippen molar-refractivity contribution in [3.8, 4) is 0 Å². The summed E-state index contributed by atoms with van der Waals surface area (Å²) in [6, 6.07) is 4.16. The van der Waals surface area contributed by atoms with Gasteiger partial charge in [-0.1, -0.05) is 11.6 Å². The van der Waals surface area contributed by atoms with Crippen molar-refractivity contribution in [2.24, 2.45) is 0 Å². The molecule has 1 unspecified atom stereocenters. The van der Waals surface area contributed by atoms with Gasteiger partial charge in [0.25, 0.3) is 0 Å². The Balaban J connectivity index is 1.94. The van der Waals surface area contributed by atoms with Gasteiger partial charge in [0.05, 0.1) is 15.3 Å². The van der Waals surface area contributed by atoms with E-state index < -0.39 is 0 Å². The highest BCUT2D eigenvalue weighted by Gasteiger charge is 2.27. The molecule has 0 aromatic carbocycles. The van der Waals surface area contributed by atoms with E-state index in [9.17, 15) is 4.79 Å². The van der Waals surface area contributed by atoms with Crippen LogP contribution in [0.5, 0.6) is 0 Å². The summed E-state index contributed by atoms with van der Waals surface area (Å²) in [7, 11) is 0. The first-order valence-corrected chi connectivity index (χ1v) is 7.96. The molecule has 1 aromatic rings. The second kappa shape index (κ2) is 6.35. The number of hydrogen-bond donors (Lipinski definition) is 0.